The molecule has 5 nitrogen and oxygen atoms in total. The Bertz CT molecular complexity index is 804. The summed E-state index contributed by atoms with van der Waals surface area (Å²) < 4.78 is 0. The Labute approximate surface area is 161 Å². The first-order valence-electron chi connectivity index (χ1n) is 9.69. The predicted molar refractivity (Wildman–Crippen MR) is 105 cm³/mol. The molecule has 5 heteroatoms. The molecule has 1 aromatic rings. The van der Waals surface area contributed by atoms with E-state index in [4.69, 9.17) is 0 Å². The smallest absolute Gasteiger partial charge is 0.323 e. The number of Topliss-reactive ketones (excluding diaryl/α,β-unsaturated/α-hetero) is 1. The normalized spacial score (nSPS) is 27.2. The van der Waals surface area contributed by atoms with E-state index < -0.39 is 11.6 Å². The minimum atomic E-state index is -0.865. The number of nitrogens with zero attached hydrogens (tertiary/aromatic N) is 1. The number of aryl methyl sites for hydroxylation is 3. The van der Waals surface area contributed by atoms with E-state index in [1.165, 1.54) is 0 Å². The number of nitrogens with one attached hydrogen (secondary N) is 1. The quantitative estimate of drug-likeness (QED) is 0.647. The van der Waals surface area contributed by atoms with Crippen molar-refractivity contribution in [2.45, 2.75) is 66.3 Å². The number of urea groups is 1. The molecule has 2 fully saturated rings. The molecule has 3 amide bonds. The number of carbonyl (C=O) groups excluding carboxylic acids is 3. The third kappa shape index (κ3) is 3.52. The maximum Gasteiger partial charge on any atom is 0.325 e. The van der Waals surface area contributed by atoms with Crippen molar-refractivity contribution >= 4 is 17.7 Å². The molecule has 0 aromatic heterocycles. The minimum absolute atomic E-state index is 0.0231. The van der Waals surface area contributed by atoms with Gasteiger partial charge in [0.25, 0.3) is 5.91 Å². The van der Waals surface area contributed by atoms with Gasteiger partial charge in [-0.05, 0) is 62.5 Å². The molecule has 0 radical (unpaired) electrons. The Morgan fingerprint density at radius 3 is 2.30 bits per heavy atom. The molecule has 1 N–H and O–H groups in total. The summed E-state index contributed by atoms with van der Waals surface area (Å²) in [6, 6.07) is 3.47. The number of hydrogen-bond donors (Lipinski definition) is 1. The van der Waals surface area contributed by atoms with E-state index >= 15 is 0 Å². The van der Waals surface area contributed by atoms with Crippen molar-refractivity contribution in [3.8, 4) is 0 Å². The van der Waals surface area contributed by atoms with E-state index in [0.29, 0.717) is 24.3 Å². The first-order chi connectivity index (χ1) is 12.4. The zero-order chi connectivity index (χ0) is 20.1. The van der Waals surface area contributed by atoms with Crippen molar-refractivity contribution in [1.29, 1.82) is 0 Å². The van der Waals surface area contributed by atoms with Crippen molar-refractivity contribution < 1.29 is 14.4 Å². The van der Waals surface area contributed by atoms with Crippen LogP contribution in [-0.2, 0) is 4.79 Å². The monoisotopic (exact) mass is 370 g/mol. The second kappa shape index (κ2) is 6.47. The number of imide groups is 1. The zero-order valence-electron chi connectivity index (χ0n) is 17.2. The van der Waals surface area contributed by atoms with Gasteiger partial charge in [0.05, 0.1) is 6.54 Å². The number of benzene rings is 1. The molecular formula is C22H30N2O3. The minimum Gasteiger partial charge on any atom is -0.323 e. The van der Waals surface area contributed by atoms with Gasteiger partial charge in [0.1, 0.15) is 5.54 Å². The molecule has 0 bridgehead atoms. The summed E-state index contributed by atoms with van der Waals surface area (Å²) in [6.45, 7) is 12.0. The van der Waals surface area contributed by atoms with Gasteiger partial charge in [-0.25, -0.2) is 4.79 Å². The summed E-state index contributed by atoms with van der Waals surface area (Å²) in [5, 5.41) is 2.94. The van der Waals surface area contributed by atoms with Crippen LogP contribution in [0.15, 0.2) is 12.1 Å². The topological polar surface area (TPSA) is 66.5 Å². The lowest BCUT2D eigenvalue weighted by Crippen LogP contribution is -2.54. The van der Waals surface area contributed by atoms with Crippen molar-refractivity contribution in [1.82, 2.24) is 10.2 Å². The highest BCUT2D eigenvalue weighted by Crippen LogP contribution is 2.46. The number of carbonyl (C=O) groups is 3. The van der Waals surface area contributed by atoms with Gasteiger partial charge in [0, 0.05) is 5.56 Å². The van der Waals surface area contributed by atoms with Gasteiger partial charge in [-0.3, -0.25) is 14.5 Å². The summed E-state index contributed by atoms with van der Waals surface area (Å²) in [6.07, 6.45) is 2.27. The van der Waals surface area contributed by atoms with Crippen LogP contribution in [0.3, 0.4) is 0 Å². The molecule has 27 heavy (non-hydrogen) atoms. The summed E-state index contributed by atoms with van der Waals surface area (Å²) in [7, 11) is 0. The molecular weight excluding hydrogens is 340 g/mol. The summed E-state index contributed by atoms with van der Waals surface area (Å²) in [4.78, 5) is 39.9. The number of amides is 3. The fraction of sp³-hybridized carbons (Fsp3) is 0.591. The molecule has 146 valence electrons. The Morgan fingerprint density at radius 2 is 1.74 bits per heavy atom. The van der Waals surface area contributed by atoms with Gasteiger partial charge in [0.2, 0.25) is 0 Å². The third-order valence-electron chi connectivity index (χ3n) is 5.88. The van der Waals surface area contributed by atoms with Gasteiger partial charge in [0.15, 0.2) is 5.78 Å². The average molecular weight is 370 g/mol. The van der Waals surface area contributed by atoms with Crippen molar-refractivity contribution in [2.75, 3.05) is 6.54 Å². The zero-order valence-corrected chi connectivity index (χ0v) is 17.2. The first kappa shape index (κ1) is 19.6. The molecule has 1 aliphatic heterocycles. The Kier molecular flexibility index (Phi) is 4.69. The summed E-state index contributed by atoms with van der Waals surface area (Å²) in [5.74, 6) is -0.0909. The van der Waals surface area contributed by atoms with Gasteiger partial charge in [-0.15, -0.1) is 0 Å². The predicted octanol–water partition coefficient (Wildman–Crippen LogP) is 3.93. The van der Waals surface area contributed by atoms with Gasteiger partial charge >= 0.3 is 6.03 Å². The van der Waals surface area contributed by atoms with Crippen LogP contribution in [0.25, 0.3) is 0 Å². The van der Waals surface area contributed by atoms with E-state index in [0.717, 1.165) is 28.0 Å². The van der Waals surface area contributed by atoms with Gasteiger partial charge in [-0.1, -0.05) is 38.5 Å². The van der Waals surface area contributed by atoms with Crippen LogP contribution < -0.4 is 5.32 Å². The summed E-state index contributed by atoms with van der Waals surface area (Å²) >= 11 is 0. The fourth-order valence-electron chi connectivity index (χ4n) is 5.49. The molecule has 1 aliphatic carbocycles. The lowest BCUT2D eigenvalue weighted by molar-refractivity contribution is -0.134. The maximum atomic E-state index is 13.2. The highest BCUT2D eigenvalue weighted by molar-refractivity contribution is 6.11. The van der Waals surface area contributed by atoms with Crippen LogP contribution >= 0.6 is 0 Å². The van der Waals surface area contributed by atoms with Crippen molar-refractivity contribution in [3.63, 3.8) is 0 Å². The molecule has 3 rings (SSSR count). The maximum absolute atomic E-state index is 13.2. The van der Waals surface area contributed by atoms with E-state index in [1.807, 2.05) is 32.9 Å². The van der Waals surface area contributed by atoms with Crippen LogP contribution in [0.5, 0.6) is 0 Å². The Hall–Kier alpha value is -2.17. The van der Waals surface area contributed by atoms with Gasteiger partial charge in [-0.2, -0.15) is 0 Å². The molecule has 2 aliphatic rings. The summed E-state index contributed by atoms with van der Waals surface area (Å²) in [5.41, 5.74) is 2.58. The molecule has 1 saturated carbocycles. The number of rotatable bonds is 3. The van der Waals surface area contributed by atoms with Crippen LogP contribution in [0, 0.1) is 32.1 Å². The largest absolute Gasteiger partial charge is 0.325 e. The van der Waals surface area contributed by atoms with E-state index in [9.17, 15) is 14.4 Å². The van der Waals surface area contributed by atoms with E-state index in [2.05, 4.69) is 26.1 Å². The molecule has 1 spiro atoms. The Balaban J connectivity index is 1.86. The number of hydrogen-bond acceptors (Lipinski definition) is 3. The van der Waals surface area contributed by atoms with Crippen LogP contribution in [0.2, 0.25) is 0 Å². The average Bonchev–Trinajstić information content (AvgIpc) is 2.67. The van der Waals surface area contributed by atoms with Crippen LogP contribution in [-0.4, -0.2) is 34.7 Å². The Morgan fingerprint density at radius 1 is 1.15 bits per heavy atom. The second-order valence-corrected chi connectivity index (χ2v) is 9.45. The molecule has 2 atom stereocenters. The second-order valence-electron chi connectivity index (χ2n) is 9.45. The SMILES string of the molecule is Cc1cc(C)c(C(=O)CN2C(=O)NC3(CC(C)CC(C)(C)C3)C2=O)c(C)c1. The van der Waals surface area contributed by atoms with Crippen LogP contribution in [0.4, 0.5) is 4.79 Å². The third-order valence-corrected chi connectivity index (χ3v) is 5.88. The van der Waals surface area contributed by atoms with Crippen molar-refractivity contribution in [2.24, 2.45) is 11.3 Å². The molecule has 1 aromatic carbocycles. The molecule has 2 unspecified atom stereocenters. The molecule has 1 saturated heterocycles. The highest BCUT2D eigenvalue weighted by Gasteiger charge is 2.56. The lowest BCUT2D eigenvalue weighted by atomic mass is 9.64. The van der Waals surface area contributed by atoms with E-state index in [-0.39, 0.29) is 23.7 Å². The standard InChI is InChI=1S/C22H30N2O3/c1-13-7-15(3)18(16(4)8-13)17(25)11-24-19(26)22(23-20(24)27)10-14(2)9-21(5,6)12-22/h7-8,14H,9-12H2,1-6H3,(H,23,27). The highest BCUT2D eigenvalue weighted by atomic mass is 16.2. The van der Waals surface area contributed by atoms with Gasteiger partial charge < -0.3 is 5.32 Å². The first-order valence-corrected chi connectivity index (χ1v) is 9.69. The number of ketones is 1. The fourth-order valence-corrected chi connectivity index (χ4v) is 5.49. The molecule has 1 heterocycles. The van der Waals surface area contributed by atoms with E-state index in [1.54, 1.807) is 0 Å². The lowest BCUT2D eigenvalue weighted by Gasteiger charge is -2.43. The van der Waals surface area contributed by atoms with Crippen molar-refractivity contribution in [3.05, 3.63) is 34.4 Å². The van der Waals surface area contributed by atoms with Crippen LogP contribution in [0.1, 0.15) is 67.1 Å².